The Kier molecular flexibility index (Phi) is 10.2. The zero-order valence-electron chi connectivity index (χ0n) is 14.4. The number of nitrogens with zero attached hydrogens (tertiary/aromatic N) is 3. The van der Waals surface area contributed by atoms with Crippen molar-refractivity contribution in [3.63, 3.8) is 0 Å². The normalized spacial score (nSPS) is 10.5. The first-order chi connectivity index (χ1) is 12.9. The van der Waals surface area contributed by atoms with Crippen molar-refractivity contribution in [2.24, 2.45) is 0 Å². The van der Waals surface area contributed by atoms with Crippen LogP contribution in [0.15, 0.2) is 12.1 Å². The third-order valence-corrected chi connectivity index (χ3v) is 4.36. The minimum atomic E-state index is -0.807. The largest absolute Gasteiger partial charge is 0.396 e. The van der Waals surface area contributed by atoms with E-state index in [4.69, 9.17) is 5.11 Å². The van der Waals surface area contributed by atoms with Gasteiger partial charge >= 0.3 is 0 Å². The summed E-state index contributed by atoms with van der Waals surface area (Å²) < 4.78 is 0. The van der Waals surface area contributed by atoms with Gasteiger partial charge in [0.15, 0.2) is 0 Å². The van der Waals surface area contributed by atoms with Crippen molar-refractivity contribution in [3.05, 3.63) is 37.9 Å². The van der Waals surface area contributed by atoms with Crippen molar-refractivity contribution in [1.82, 2.24) is 5.32 Å². The highest BCUT2D eigenvalue weighted by Crippen LogP contribution is 2.35. The Morgan fingerprint density at radius 3 is 2.15 bits per heavy atom. The van der Waals surface area contributed by atoms with Gasteiger partial charge in [0, 0.05) is 36.9 Å². The van der Waals surface area contributed by atoms with E-state index in [0.717, 1.165) is 6.07 Å². The third-order valence-electron chi connectivity index (χ3n) is 3.65. The van der Waals surface area contributed by atoms with Crippen LogP contribution in [0.4, 0.5) is 17.1 Å². The number of amides is 1. The Morgan fingerprint density at radius 1 is 1.07 bits per heavy atom. The van der Waals surface area contributed by atoms with Gasteiger partial charge in [0.05, 0.1) is 15.9 Å². The molecule has 0 bridgehead atoms. The van der Waals surface area contributed by atoms with Crippen LogP contribution in [0.3, 0.4) is 0 Å². The summed E-state index contributed by atoms with van der Waals surface area (Å²) in [4.78, 5) is 35.4. The van der Waals surface area contributed by atoms with Crippen molar-refractivity contribution in [2.75, 3.05) is 41.8 Å². The molecule has 0 saturated heterocycles. The number of alkyl halides is 2. The molecule has 0 fully saturated rings. The van der Waals surface area contributed by atoms with Gasteiger partial charge in [-0.1, -0.05) is 31.9 Å². The van der Waals surface area contributed by atoms with Gasteiger partial charge in [-0.15, -0.1) is 0 Å². The van der Waals surface area contributed by atoms with E-state index >= 15 is 0 Å². The summed E-state index contributed by atoms with van der Waals surface area (Å²) in [5.41, 5.74) is -1.15. The summed E-state index contributed by atoms with van der Waals surface area (Å²) in [6.45, 7) is 1.05. The maximum Gasteiger partial charge on any atom is 0.299 e. The number of aliphatic hydroxyl groups excluding tert-OH is 1. The SMILES string of the molecule is O=C(NCCCCO)c1cc(N(CCBr)CCBr)c([N+](=O)[O-])cc1[N+](=O)[O-]. The minimum absolute atomic E-state index is 0.0221. The number of hydrogen-bond acceptors (Lipinski definition) is 7. The van der Waals surface area contributed by atoms with Crippen LogP contribution >= 0.6 is 31.9 Å². The lowest BCUT2D eigenvalue weighted by Crippen LogP contribution is -2.30. The van der Waals surface area contributed by atoms with Gasteiger partial charge in [0.25, 0.3) is 17.3 Å². The molecule has 1 aromatic rings. The van der Waals surface area contributed by atoms with Crippen LogP contribution in [0.1, 0.15) is 23.2 Å². The zero-order chi connectivity index (χ0) is 20.4. The highest BCUT2D eigenvalue weighted by molar-refractivity contribution is 9.09. The molecule has 10 nitrogen and oxygen atoms in total. The van der Waals surface area contributed by atoms with Crippen molar-refractivity contribution in [3.8, 4) is 0 Å². The van der Waals surface area contributed by atoms with Gasteiger partial charge < -0.3 is 15.3 Å². The number of nitro benzene ring substituents is 2. The molecule has 150 valence electrons. The average molecular weight is 512 g/mol. The van der Waals surface area contributed by atoms with Crippen LogP contribution in [0.25, 0.3) is 0 Å². The molecule has 0 aliphatic carbocycles. The number of halogens is 2. The fraction of sp³-hybridized carbons (Fsp3) is 0.533. The summed E-state index contributed by atoms with van der Waals surface area (Å²) >= 11 is 6.56. The number of carbonyl (C=O) groups excluding carboxylic acids is 1. The highest BCUT2D eigenvalue weighted by Gasteiger charge is 2.30. The number of carbonyl (C=O) groups is 1. The van der Waals surface area contributed by atoms with Crippen LogP contribution in [-0.4, -0.2) is 57.8 Å². The predicted molar refractivity (Wildman–Crippen MR) is 108 cm³/mol. The second-order valence-electron chi connectivity index (χ2n) is 5.42. The van der Waals surface area contributed by atoms with Gasteiger partial charge in [-0.05, 0) is 18.9 Å². The predicted octanol–water partition coefficient (Wildman–Crippen LogP) is 2.60. The number of nitro groups is 2. The molecule has 2 N–H and O–H groups in total. The fourth-order valence-corrected chi connectivity index (χ4v) is 3.25. The molecule has 0 aromatic heterocycles. The summed E-state index contributed by atoms with van der Waals surface area (Å²) in [7, 11) is 0. The van der Waals surface area contributed by atoms with Crippen molar-refractivity contribution in [1.29, 1.82) is 0 Å². The zero-order valence-corrected chi connectivity index (χ0v) is 17.6. The molecule has 0 spiro atoms. The molecule has 0 atom stereocenters. The summed E-state index contributed by atoms with van der Waals surface area (Å²) in [5.74, 6) is -0.687. The Hall–Kier alpha value is -1.79. The van der Waals surface area contributed by atoms with Crippen molar-refractivity contribution >= 4 is 54.8 Å². The molecule has 0 heterocycles. The molecular formula is C15H20Br2N4O6. The van der Waals surface area contributed by atoms with Gasteiger partial charge in [-0.25, -0.2) is 0 Å². The van der Waals surface area contributed by atoms with E-state index in [9.17, 15) is 25.0 Å². The molecule has 0 aliphatic heterocycles. The topological polar surface area (TPSA) is 139 Å². The van der Waals surface area contributed by atoms with E-state index in [-0.39, 0.29) is 24.4 Å². The molecule has 1 aromatic carbocycles. The van der Waals surface area contributed by atoms with Crippen molar-refractivity contribution < 1.29 is 19.7 Å². The standard InChI is InChI=1S/C15H20Br2N4O6/c16-3-6-19(7-4-17)13-9-11(15(23)18-5-1-2-8-22)12(20(24)25)10-14(13)21(26)27/h9-10,22H,1-8H2,(H,18,23). The smallest absolute Gasteiger partial charge is 0.299 e. The van der Waals surface area contributed by atoms with E-state index in [1.165, 1.54) is 6.07 Å². The molecule has 1 rings (SSSR count). The van der Waals surface area contributed by atoms with Crippen LogP contribution in [0.2, 0.25) is 0 Å². The Labute approximate surface area is 172 Å². The molecule has 12 heteroatoms. The quantitative estimate of drug-likeness (QED) is 0.190. The van der Waals surface area contributed by atoms with Crippen LogP contribution in [0, 0.1) is 20.2 Å². The van der Waals surface area contributed by atoms with Crippen molar-refractivity contribution in [2.45, 2.75) is 12.8 Å². The number of anilines is 1. The lowest BCUT2D eigenvalue weighted by Gasteiger charge is -2.23. The maximum atomic E-state index is 12.4. The number of rotatable bonds is 12. The summed E-state index contributed by atoms with van der Waals surface area (Å²) in [5, 5.41) is 35.2. The van der Waals surface area contributed by atoms with E-state index in [0.29, 0.717) is 36.6 Å². The minimum Gasteiger partial charge on any atom is -0.396 e. The first-order valence-corrected chi connectivity index (χ1v) is 10.3. The monoisotopic (exact) mass is 510 g/mol. The number of hydrogen-bond donors (Lipinski definition) is 2. The summed E-state index contributed by atoms with van der Waals surface area (Å²) in [6.07, 6.45) is 0.993. The highest BCUT2D eigenvalue weighted by atomic mass is 79.9. The number of benzene rings is 1. The van der Waals surface area contributed by atoms with Crippen LogP contribution in [0.5, 0.6) is 0 Å². The molecule has 1 amide bonds. The lowest BCUT2D eigenvalue weighted by atomic mass is 10.1. The Bertz CT molecular complexity index is 683. The molecule has 0 aliphatic rings. The average Bonchev–Trinajstić information content (AvgIpc) is 2.63. The molecular weight excluding hydrogens is 492 g/mol. The van der Waals surface area contributed by atoms with E-state index < -0.39 is 27.1 Å². The fourth-order valence-electron chi connectivity index (χ4n) is 2.39. The summed E-state index contributed by atoms with van der Waals surface area (Å²) in [6, 6.07) is 2.02. The van der Waals surface area contributed by atoms with Gasteiger partial charge in [0.1, 0.15) is 11.3 Å². The van der Waals surface area contributed by atoms with Gasteiger partial charge in [-0.2, -0.15) is 0 Å². The Morgan fingerprint density at radius 2 is 1.67 bits per heavy atom. The van der Waals surface area contributed by atoms with Gasteiger partial charge in [0.2, 0.25) is 0 Å². The number of aliphatic hydroxyl groups is 1. The Balaban J connectivity index is 3.38. The molecule has 27 heavy (non-hydrogen) atoms. The molecule has 0 radical (unpaired) electrons. The van der Waals surface area contributed by atoms with E-state index in [2.05, 4.69) is 37.2 Å². The van der Waals surface area contributed by atoms with E-state index in [1.54, 1.807) is 4.90 Å². The maximum absolute atomic E-state index is 12.4. The van der Waals surface area contributed by atoms with Crippen LogP contribution in [-0.2, 0) is 0 Å². The number of unbranched alkanes of at least 4 members (excludes halogenated alkanes) is 1. The lowest BCUT2D eigenvalue weighted by molar-refractivity contribution is -0.393. The van der Waals surface area contributed by atoms with Gasteiger partial charge in [-0.3, -0.25) is 25.0 Å². The molecule has 0 unspecified atom stereocenters. The third kappa shape index (κ3) is 6.70. The second kappa shape index (κ2) is 11.8. The first-order valence-electron chi connectivity index (χ1n) is 8.10. The number of nitrogens with one attached hydrogen (secondary N) is 1. The van der Waals surface area contributed by atoms with E-state index in [1.807, 2.05) is 0 Å². The van der Waals surface area contributed by atoms with Crippen LogP contribution < -0.4 is 10.2 Å². The first kappa shape index (κ1) is 23.2. The molecule has 0 saturated carbocycles. The second-order valence-corrected chi connectivity index (χ2v) is 7.01.